The minimum absolute atomic E-state index is 0.264. The van der Waals surface area contributed by atoms with Crippen LogP contribution in [0, 0.1) is 0 Å². The average Bonchev–Trinajstić information content (AvgIpc) is 1.35. The second-order valence-corrected chi connectivity index (χ2v) is 0.862. The molecule has 0 aliphatic heterocycles. The van der Waals surface area contributed by atoms with Crippen LogP contribution in [0.4, 0.5) is 4.39 Å². The van der Waals surface area contributed by atoms with Crippen molar-refractivity contribution in [2.24, 2.45) is 0 Å². The molecule has 0 bridgehead atoms. The summed E-state index contributed by atoms with van der Waals surface area (Å²) >= 11 is 0. The maximum atomic E-state index is 10.9. The van der Waals surface area contributed by atoms with Gasteiger partial charge in [-0.1, -0.05) is 0 Å². The second kappa shape index (κ2) is 2.63. The lowest BCUT2D eigenvalue weighted by Gasteiger charge is -1.77. The topological polar surface area (TPSA) is 40.9 Å². The molecular formula is C3H5FNO. The zero-order valence-corrected chi connectivity index (χ0v) is 3.20. The van der Waals surface area contributed by atoms with E-state index in [2.05, 4.69) is 0 Å². The molecule has 0 fully saturated rings. The van der Waals surface area contributed by atoms with E-state index in [-0.39, 0.29) is 6.42 Å². The summed E-state index contributed by atoms with van der Waals surface area (Å²) in [5.74, 6) is -0.836. The highest BCUT2D eigenvalue weighted by Gasteiger charge is 1.88. The Morgan fingerprint density at radius 3 is 2.33 bits per heavy atom. The Bertz CT molecular complexity index is 54.8. The predicted octanol–water partition coefficient (Wildman–Crippen LogP) is 0.156. The van der Waals surface area contributed by atoms with Gasteiger partial charge in [0.25, 0.3) is 0 Å². The predicted molar refractivity (Wildman–Crippen MR) is 18.7 cm³/mol. The fourth-order valence-electron chi connectivity index (χ4n) is 0.0858. The molecule has 1 radical (unpaired) electrons. The van der Waals surface area contributed by atoms with E-state index in [4.69, 9.17) is 5.73 Å². The molecule has 2 nitrogen and oxygen atoms in total. The van der Waals surface area contributed by atoms with Gasteiger partial charge in [0, 0.05) is 0 Å². The summed E-state index contributed by atoms with van der Waals surface area (Å²) in [7, 11) is 0. The molecule has 0 spiro atoms. The van der Waals surface area contributed by atoms with E-state index in [1.807, 2.05) is 0 Å². The summed E-state index contributed by atoms with van der Waals surface area (Å²) in [4.78, 5) is 9.47. The zero-order valence-electron chi connectivity index (χ0n) is 3.20. The number of rotatable bonds is 2. The van der Waals surface area contributed by atoms with Gasteiger partial charge in [-0.05, 0) is 0 Å². The molecule has 1 N–H and O–H groups in total. The molecule has 1 amide bonds. The molecule has 0 aromatic heterocycles. The van der Waals surface area contributed by atoms with Crippen molar-refractivity contribution in [3.63, 3.8) is 0 Å². The minimum atomic E-state index is -0.836. The Labute approximate surface area is 35.1 Å². The first-order valence-electron chi connectivity index (χ1n) is 1.57. The molecule has 0 aliphatic rings. The number of carbonyl (C=O) groups excluding carboxylic acids is 1. The average molecular weight is 90.1 g/mol. The maximum Gasteiger partial charge on any atom is 0.241 e. The van der Waals surface area contributed by atoms with Crippen molar-refractivity contribution >= 4 is 5.91 Å². The highest BCUT2D eigenvalue weighted by atomic mass is 19.1. The molecule has 0 aromatic rings. The van der Waals surface area contributed by atoms with Crippen molar-refractivity contribution in [3.05, 3.63) is 0 Å². The van der Waals surface area contributed by atoms with Gasteiger partial charge >= 0.3 is 0 Å². The monoisotopic (exact) mass is 90.0 g/mol. The number of hydrogen-bond acceptors (Lipinski definition) is 1. The van der Waals surface area contributed by atoms with Crippen LogP contribution in [0.3, 0.4) is 0 Å². The van der Waals surface area contributed by atoms with Gasteiger partial charge in [0.2, 0.25) is 5.91 Å². The van der Waals surface area contributed by atoms with Crippen LogP contribution in [0.25, 0.3) is 0 Å². The molecule has 0 unspecified atom stereocenters. The van der Waals surface area contributed by atoms with Crippen LogP contribution in [-0.2, 0) is 4.79 Å². The highest BCUT2D eigenvalue weighted by molar-refractivity contribution is 5.72. The molecule has 0 rings (SSSR count). The van der Waals surface area contributed by atoms with Gasteiger partial charge < -0.3 is 0 Å². The number of alkyl halides is 1. The number of carbonyl (C=O) groups is 1. The van der Waals surface area contributed by atoms with Crippen LogP contribution in [-0.4, -0.2) is 12.6 Å². The number of amides is 1. The second-order valence-electron chi connectivity index (χ2n) is 0.862. The molecule has 0 saturated heterocycles. The molecule has 0 heterocycles. The minimum Gasteiger partial charge on any atom is -0.273 e. The van der Waals surface area contributed by atoms with Crippen LogP contribution in [0.2, 0.25) is 0 Å². The Kier molecular flexibility index (Phi) is 2.36. The summed E-state index contributed by atoms with van der Waals surface area (Å²) in [5, 5.41) is 0. The van der Waals surface area contributed by atoms with Crippen molar-refractivity contribution in [1.29, 1.82) is 0 Å². The molecule has 0 aromatic carbocycles. The largest absolute Gasteiger partial charge is 0.273 e. The third kappa shape index (κ3) is 3.40. The van der Waals surface area contributed by atoms with E-state index >= 15 is 0 Å². The van der Waals surface area contributed by atoms with Crippen molar-refractivity contribution in [3.8, 4) is 0 Å². The Hall–Kier alpha value is -0.600. The van der Waals surface area contributed by atoms with Gasteiger partial charge in [-0.25, -0.2) is 0 Å². The first kappa shape index (κ1) is 5.40. The van der Waals surface area contributed by atoms with Crippen molar-refractivity contribution in [1.82, 2.24) is 5.73 Å². The fourth-order valence-corrected chi connectivity index (χ4v) is 0.0858. The first-order chi connectivity index (χ1) is 2.77. The van der Waals surface area contributed by atoms with Crippen LogP contribution in [0.5, 0.6) is 0 Å². The number of nitrogens with one attached hydrogen (secondary N) is 1. The zero-order chi connectivity index (χ0) is 4.99. The fraction of sp³-hybridized carbons (Fsp3) is 0.667. The third-order valence-corrected chi connectivity index (χ3v) is 0.322. The van der Waals surface area contributed by atoms with Gasteiger partial charge in [0.15, 0.2) is 0 Å². The Morgan fingerprint density at radius 1 is 1.83 bits per heavy atom. The van der Waals surface area contributed by atoms with E-state index in [0.717, 1.165) is 0 Å². The molecular weight excluding hydrogens is 85.0 g/mol. The summed E-state index contributed by atoms with van der Waals surface area (Å²) in [5.41, 5.74) is 6.10. The van der Waals surface area contributed by atoms with Gasteiger partial charge in [-0.2, -0.15) is 0 Å². The molecule has 6 heavy (non-hydrogen) atoms. The van der Waals surface area contributed by atoms with E-state index in [1.54, 1.807) is 0 Å². The summed E-state index contributed by atoms with van der Waals surface area (Å²) in [6.07, 6.45) is -0.264. The van der Waals surface area contributed by atoms with E-state index in [9.17, 15) is 9.18 Å². The van der Waals surface area contributed by atoms with E-state index < -0.39 is 12.6 Å². The van der Waals surface area contributed by atoms with E-state index in [0.29, 0.717) is 0 Å². The quantitative estimate of drug-likeness (QED) is 0.476. The summed E-state index contributed by atoms with van der Waals surface area (Å²) < 4.78 is 10.9. The molecule has 3 heteroatoms. The van der Waals surface area contributed by atoms with E-state index in [1.165, 1.54) is 0 Å². The van der Waals surface area contributed by atoms with Gasteiger partial charge in [0.05, 0.1) is 13.1 Å². The third-order valence-electron chi connectivity index (χ3n) is 0.322. The van der Waals surface area contributed by atoms with Crippen molar-refractivity contribution in [2.45, 2.75) is 6.42 Å². The van der Waals surface area contributed by atoms with Gasteiger partial charge in [0.1, 0.15) is 0 Å². The van der Waals surface area contributed by atoms with Crippen LogP contribution in [0.1, 0.15) is 6.42 Å². The highest BCUT2D eigenvalue weighted by Crippen LogP contribution is 1.75. The van der Waals surface area contributed by atoms with Gasteiger partial charge in [-0.3, -0.25) is 14.9 Å². The lowest BCUT2D eigenvalue weighted by Crippen LogP contribution is -1.96. The molecule has 0 saturated carbocycles. The lowest BCUT2D eigenvalue weighted by molar-refractivity contribution is -0.118. The van der Waals surface area contributed by atoms with Crippen LogP contribution < -0.4 is 5.73 Å². The summed E-state index contributed by atoms with van der Waals surface area (Å²) in [6.45, 7) is -0.706. The number of hydrogen-bond donors (Lipinski definition) is 0. The SMILES string of the molecule is [NH]C(=O)CCF. The smallest absolute Gasteiger partial charge is 0.241 e. The summed E-state index contributed by atoms with van der Waals surface area (Å²) in [6, 6.07) is 0. The van der Waals surface area contributed by atoms with Gasteiger partial charge in [-0.15, -0.1) is 0 Å². The molecule has 0 aliphatic carbocycles. The molecule has 35 valence electrons. The van der Waals surface area contributed by atoms with Crippen molar-refractivity contribution < 1.29 is 9.18 Å². The Balaban J connectivity index is 2.83. The lowest BCUT2D eigenvalue weighted by atomic mass is 10.5. The maximum absolute atomic E-state index is 10.9. The first-order valence-corrected chi connectivity index (χ1v) is 1.57. The van der Waals surface area contributed by atoms with Crippen LogP contribution >= 0.6 is 0 Å². The molecule has 0 atom stereocenters. The van der Waals surface area contributed by atoms with Crippen molar-refractivity contribution in [2.75, 3.05) is 6.67 Å². The Morgan fingerprint density at radius 2 is 2.33 bits per heavy atom. The standard InChI is InChI=1S/C3H5FNO/c4-2-1-3(5)6/h5H,1-2H2. The number of halogens is 1. The normalized spacial score (nSPS) is 8.17. The van der Waals surface area contributed by atoms with Crippen LogP contribution in [0.15, 0.2) is 0 Å².